The molecule has 2 heterocycles. The van der Waals surface area contributed by atoms with Crippen LogP contribution in [0.1, 0.15) is 35.9 Å². The van der Waals surface area contributed by atoms with Crippen LogP contribution in [-0.4, -0.2) is 23.6 Å². The summed E-state index contributed by atoms with van der Waals surface area (Å²) in [6, 6.07) is 5.61. The number of anilines is 1. The Morgan fingerprint density at radius 2 is 1.96 bits per heavy atom. The van der Waals surface area contributed by atoms with Crippen molar-refractivity contribution in [2.24, 2.45) is 0 Å². The van der Waals surface area contributed by atoms with Crippen molar-refractivity contribution in [1.82, 2.24) is 15.2 Å². The van der Waals surface area contributed by atoms with Crippen molar-refractivity contribution in [3.05, 3.63) is 47.2 Å². The van der Waals surface area contributed by atoms with Gasteiger partial charge in [-0.1, -0.05) is 12.1 Å². The van der Waals surface area contributed by atoms with E-state index in [1.165, 1.54) is 18.2 Å². The second kappa shape index (κ2) is 5.94. The maximum atomic E-state index is 13.8. The van der Waals surface area contributed by atoms with E-state index in [0.29, 0.717) is 28.8 Å². The number of sulfonamides is 1. The van der Waals surface area contributed by atoms with Crippen LogP contribution in [-0.2, 0) is 10.0 Å². The zero-order valence-corrected chi connectivity index (χ0v) is 15.0. The number of hydrogen-bond acceptors (Lipinski definition) is 5. The molecule has 1 saturated carbocycles. The van der Waals surface area contributed by atoms with Crippen LogP contribution >= 0.6 is 0 Å². The molecule has 7 nitrogen and oxygen atoms in total. The molecule has 0 bridgehead atoms. The largest absolute Gasteiger partial charge is 0.419 e. The van der Waals surface area contributed by atoms with Gasteiger partial charge in [-0.05, 0) is 38.8 Å². The van der Waals surface area contributed by atoms with Gasteiger partial charge in [-0.15, -0.1) is 10.2 Å². The van der Waals surface area contributed by atoms with Gasteiger partial charge in [0.2, 0.25) is 5.89 Å². The molecule has 0 radical (unpaired) electrons. The minimum absolute atomic E-state index is 0.0434. The summed E-state index contributed by atoms with van der Waals surface area (Å²) in [6.45, 7) is 3.28. The summed E-state index contributed by atoms with van der Waals surface area (Å²) >= 11 is 0. The number of aromatic amines is 1. The number of nitrogens with zero attached hydrogens (tertiary/aromatic N) is 2. The van der Waals surface area contributed by atoms with Crippen molar-refractivity contribution in [3.8, 4) is 11.6 Å². The first kappa shape index (κ1) is 16.8. The molecular formula is C17H17FN4O3S. The quantitative estimate of drug-likeness (QED) is 0.710. The normalized spacial score (nSPS) is 14.6. The molecule has 0 aliphatic heterocycles. The van der Waals surface area contributed by atoms with Crippen molar-refractivity contribution < 1.29 is 17.2 Å². The van der Waals surface area contributed by atoms with E-state index in [1.807, 2.05) is 0 Å². The summed E-state index contributed by atoms with van der Waals surface area (Å²) in [5.41, 5.74) is 1.20. The molecule has 1 aliphatic carbocycles. The minimum Gasteiger partial charge on any atom is -0.419 e. The Morgan fingerprint density at radius 3 is 2.65 bits per heavy atom. The summed E-state index contributed by atoms with van der Waals surface area (Å²) in [4.78, 5) is 3.04. The van der Waals surface area contributed by atoms with E-state index >= 15 is 0 Å². The molecule has 0 amide bonds. The van der Waals surface area contributed by atoms with Crippen molar-refractivity contribution in [3.63, 3.8) is 0 Å². The monoisotopic (exact) mass is 376 g/mol. The second-order valence-corrected chi connectivity index (χ2v) is 8.00. The van der Waals surface area contributed by atoms with Crippen LogP contribution < -0.4 is 4.72 Å². The Morgan fingerprint density at radius 1 is 1.23 bits per heavy atom. The average molecular weight is 376 g/mol. The smallest absolute Gasteiger partial charge is 0.264 e. The molecule has 0 saturated heterocycles. The standard InChI is InChI=1S/C17H17FN4O3S/c1-9-14(17-21-20-16(25-17)11-7-8-11)19-10(2)15(9)26(23,24)22-13-6-4-3-5-12(13)18/h3-6,11,19,22H,7-8H2,1-2H3. The fourth-order valence-corrected chi connectivity index (χ4v) is 4.44. The van der Waals surface area contributed by atoms with Gasteiger partial charge in [0.15, 0.2) is 0 Å². The second-order valence-electron chi connectivity index (χ2n) is 6.38. The van der Waals surface area contributed by atoms with E-state index in [-0.39, 0.29) is 16.5 Å². The molecule has 0 unspecified atom stereocenters. The van der Waals surface area contributed by atoms with Crippen molar-refractivity contribution in [2.75, 3.05) is 4.72 Å². The summed E-state index contributed by atoms with van der Waals surface area (Å²) < 4.78 is 47.4. The van der Waals surface area contributed by atoms with Crippen LogP contribution in [0.5, 0.6) is 0 Å². The molecular weight excluding hydrogens is 359 g/mol. The molecule has 0 atom stereocenters. The maximum absolute atomic E-state index is 13.8. The predicted molar refractivity (Wildman–Crippen MR) is 92.7 cm³/mol. The molecule has 2 N–H and O–H groups in total. The molecule has 1 aromatic carbocycles. The van der Waals surface area contributed by atoms with Gasteiger partial charge in [0.25, 0.3) is 15.9 Å². The molecule has 2 aromatic heterocycles. The van der Waals surface area contributed by atoms with E-state index < -0.39 is 15.8 Å². The Hall–Kier alpha value is -2.68. The van der Waals surface area contributed by atoms with Crippen molar-refractivity contribution >= 4 is 15.7 Å². The van der Waals surface area contributed by atoms with E-state index in [1.54, 1.807) is 19.9 Å². The van der Waals surface area contributed by atoms with E-state index in [9.17, 15) is 12.8 Å². The first-order valence-corrected chi connectivity index (χ1v) is 9.65. The third-order valence-electron chi connectivity index (χ3n) is 4.34. The maximum Gasteiger partial charge on any atom is 0.264 e. The number of aryl methyl sites for hydroxylation is 1. The van der Waals surface area contributed by atoms with Crippen molar-refractivity contribution in [1.29, 1.82) is 0 Å². The minimum atomic E-state index is -3.99. The molecule has 26 heavy (non-hydrogen) atoms. The molecule has 0 spiro atoms. The highest BCUT2D eigenvalue weighted by Gasteiger charge is 2.31. The number of H-pyrrole nitrogens is 1. The SMILES string of the molecule is Cc1[nH]c(-c2nnc(C3CC3)o2)c(C)c1S(=O)(=O)Nc1ccccc1F. The highest BCUT2D eigenvalue weighted by Crippen LogP contribution is 2.40. The van der Waals surface area contributed by atoms with Gasteiger partial charge < -0.3 is 9.40 Å². The summed E-state index contributed by atoms with van der Waals surface area (Å²) in [7, 11) is -3.99. The molecule has 3 aromatic rings. The number of nitrogens with one attached hydrogen (secondary N) is 2. The Labute approximate surface area is 149 Å². The van der Waals surface area contributed by atoms with Crippen LogP contribution in [0, 0.1) is 19.7 Å². The fraction of sp³-hybridized carbons (Fsp3) is 0.294. The fourth-order valence-electron chi connectivity index (χ4n) is 2.92. The van der Waals surface area contributed by atoms with Crippen LogP contribution in [0.4, 0.5) is 10.1 Å². The zero-order valence-electron chi connectivity index (χ0n) is 14.2. The molecule has 1 aliphatic rings. The Balaban J connectivity index is 1.72. The van der Waals surface area contributed by atoms with Gasteiger partial charge in [-0.2, -0.15) is 0 Å². The number of aromatic nitrogens is 3. The van der Waals surface area contributed by atoms with E-state index in [4.69, 9.17) is 4.42 Å². The topological polar surface area (TPSA) is 101 Å². The number of para-hydroxylation sites is 1. The van der Waals surface area contributed by atoms with Gasteiger partial charge in [0.1, 0.15) is 16.4 Å². The Kier molecular flexibility index (Phi) is 3.83. The molecule has 9 heteroatoms. The van der Waals surface area contributed by atoms with Gasteiger partial charge in [0.05, 0.1) is 5.69 Å². The van der Waals surface area contributed by atoms with Crippen LogP contribution in [0.25, 0.3) is 11.6 Å². The highest BCUT2D eigenvalue weighted by molar-refractivity contribution is 7.92. The van der Waals surface area contributed by atoms with Crippen LogP contribution in [0.3, 0.4) is 0 Å². The lowest BCUT2D eigenvalue weighted by atomic mass is 10.2. The predicted octanol–water partition coefficient (Wildman–Crippen LogP) is 3.50. The summed E-state index contributed by atoms with van der Waals surface area (Å²) in [5, 5.41) is 8.04. The highest BCUT2D eigenvalue weighted by atomic mass is 32.2. The lowest BCUT2D eigenvalue weighted by Crippen LogP contribution is -2.15. The number of hydrogen-bond donors (Lipinski definition) is 2. The third kappa shape index (κ3) is 2.88. The molecule has 4 rings (SSSR count). The molecule has 136 valence electrons. The van der Waals surface area contributed by atoms with Crippen LogP contribution in [0.2, 0.25) is 0 Å². The van der Waals surface area contributed by atoms with Crippen LogP contribution in [0.15, 0.2) is 33.6 Å². The lowest BCUT2D eigenvalue weighted by molar-refractivity contribution is 0.507. The first-order chi connectivity index (χ1) is 12.4. The number of halogens is 1. The third-order valence-corrected chi connectivity index (χ3v) is 5.98. The summed E-state index contributed by atoms with van der Waals surface area (Å²) in [6.07, 6.45) is 2.05. The van der Waals surface area contributed by atoms with Gasteiger partial charge in [-0.3, -0.25) is 4.72 Å². The van der Waals surface area contributed by atoms with Gasteiger partial charge in [0, 0.05) is 17.2 Å². The van der Waals surface area contributed by atoms with Gasteiger partial charge >= 0.3 is 0 Å². The number of benzene rings is 1. The summed E-state index contributed by atoms with van der Waals surface area (Å²) in [5.74, 6) is 0.479. The van der Waals surface area contributed by atoms with Gasteiger partial charge in [-0.25, -0.2) is 12.8 Å². The molecule has 1 fully saturated rings. The van der Waals surface area contributed by atoms with Crippen molar-refractivity contribution in [2.45, 2.75) is 37.5 Å². The van der Waals surface area contributed by atoms with E-state index in [0.717, 1.165) is 12.8 Å². The number of rotatable bonds is 5. The average Bonchev–Trinajstić information content (AvgIpc) is 3.23. The van der Waals surface area contributed by atoms with E-state index in [2.05, 4.69) is 19.9 Å². The lowest BCUT2D eigenvalue weighted by Gasteiger charge is -2.09. The zero-order chi connectivity index (χ0) is 18.5. The first-order valence-electron chi connectivity index (χ1n) is 8.17. The Bertz CT molecular complexity index is 1080.